The Bertz CT molecular complexity index is 678. The van der Waals surface area contributed by atoms with Crippen LogP contribution in [0.15, 0.2) is 24.4 Å². The van der Waals surface area contributed by atoms with E-state index in [1.807, 2.05) is 31.3 Å². The Hall–Kier alpha value is -2.34. The standard InChI is InChI=1S/C16H20N2O4/c1-10-4-3-5-12-11(8-18-15(10)12)6-7-14(19)17-9-13(22-2)16(20)21/h3-5,8,13,18H,6-7,9H2,1-2H3,(H,17,19)(H,20,21). The van der Waals surface area contributed by atoms with E-state index in [4.69, 9.17) is 9.84 Å². The number of fused-ring (bicyclic) bond motifs is 1. The van der Waals surface area contributed by atoms with Gasteiger partial charge >= 0.3 is 5.97 Å². The summed E-state index contributed by atoms with van der Waals surface area (Å²) in [5, 5.41) is 12.5. The van der Waals surface area contributed by atoms with E-state index >= 15 is 0 Å². The molecule has 118 valence electrons. The Balaban J connectivity index is 1.90. The lowest BCUT2D eigenvalue weighted by Gasteiger charge is -2.11. The molecule has 0 aliphatic rings. The number of aromatic nitrogens is 1. The normalized spacial score (nSPS) is 12.3. The number of aryl methyl sites for hydroxylation is 2. The molecule has 0 radical (unpaired) electrons. The van der Waals surface area contributed by atoms with Crippen LogP contribution in [0.5, 0.6) is 0 Å². The average molecular weight is 304 g/mol. The number of benzene rings is 1. The highest BCUT2D eigenvalue weighted by Gasteiger charge is 2.17. The molecule has 0 saturated carbocycles. The topological polar surface area (TPSA) is 91.4 Å². The Morgan fingerprint density at radius 3 is 2.86 bits per heavy atom. The van der Waals surface area contributed by atoms with Gasteiger partial charge in [-0.25, -0.2) is 4.79 Å². The smallest absolute Gasteiger partial charge is 0.334 e. The molecule has 3 N–H and O–H groups in total. The Morgan fingerprint density at radius 1 is 1.41 bits per heavy atom. The number of H-pyrrole nitrogens is 1. The lowest BCUT2D eigenvalue weighted by atomic mass is 10.1. The first-order valence-electron chi connectivity index (χ1n) is 7.10. The monoisotopic (exact) mass is 304 g/mol. The summed E-state index contributed by atoms with van der Waals surface area (Å²) in [6, 6.07) is 6.05. The zero-order valence-corrected chi connectivity index (χ0v) is 12.7. The summed E-state index contributed by atoms with van der Waals surface area (Å²) >= 11 is 0. The predicted molar refractivity (Wildman–Crippen MR) is 82.8 cm³/mol. The molecule has 6 nitrogen and oxygen atoms in total. The molecule has 0 aliphatic heterocycles. The van der Waals surface area contributed by atoms with E-state index in [1.54, 1.807) is 0 Å². The molecule has 1 aromatic carbocycles. The van der Waals surface area contributed by atoms with E-state index in [2.05, 4.69) is 10.3 Å². The molecule has 1 aromatic heterocycles. The van der Waals surface area contributed by atoms with E-state index in [1.165, 1.54) is 7.11 Å². The van der Waals surface area contributed by atoms with Gasteiger partial charge in [-0.05, 0) is 24.5 Å². The van der Waals surface area contributed by atoms with Crippen molar-refractivity contribution < 1.29 is 19.4 Å². The van der Waals surface area contributed by atoms with Crippen molar-refractivity contribution in [3.05, 3.63) is 35.5 Å². The van der Waals surface area contributed by atoms with Crippen LogP contribution in [0.1, 0.15) is 17.5 Å². The van der Waals surface area contributed by atoms with Crippen molar-refractivity contribution >= 4 is 22.8 Å². The van der Waals surface area contributed by atoms with Crippen LogP contribution in [-0.4, -0.2) is 41.7 Å². The van der Waals surface area contributed by atoms with Crippen molar-refractivity contribution in [2.45, 2.75) is 25.9 Å². The number of para-hydroxylation sites is 1. The van der Waals surface area contributed by atoms with Gasteiger partial charge in [-0.1, -0.05) is 18.2 Å². The van der Waals surface area contributed by atoms with Gasteiger partial charge in [-0.3, -0.25) is 4.79 Å². The van der Waals surface area contributed by atoms with Crippen LogP contribution >= 0.6 is 0 Å². The van der Waals surface area contributed by atoms with Crippen LogP contribution < -0.4 is 5.32 Å². The van der Waals surface area contributed by atoms with Gasteiger partial charge in [-0.15, -0.1) is 0 Å². The molecule has 0 aliphatic carbocycles. The molecule has 1 atom stereocenters. The summed E-state index contributed by atoms with van der Waals surface area (Å²) in [6.07, 6.45) is 1.80. The number of methoxy groups -OCH3 is 1. The third-order valence-electron chi connectivity index (χ3n) is 3.68. The number of carboxylic acid groups (broad SMARTS) is 1. The quantitative estimate of drug-likeness (QED) is 0.725. The maximum absolute atomic E-state index is 11.8. The van der Waals surface area contributed by atoms with E-state index in [-0.39, 0.29) is 12.5 Å². The summed E-state index contributed by atoms with van der Waals surface area (Å²) < 4.78 is 4.76. The van der Waals surface area contributed by atoms with Crippen LogP contribution in [0, 0.1) is 6.92 Å². The molecule has 1 heterocycles. The van der Waals surface area contributed by atoms with Gasteiger partial charge in [0.15, 0.2) is 6.10 Å². The summed E-state index contributed by atoms with van der Waals surface area (Å²) in [5.41, 5.74) is 3.33. The zero-order valence-electron chi connectivity index (χ0n) is 12.7. The summed E-state index contributed by atoms with van der Waals surface area (Å²) in [6.45, 7) is 2.00. The first kappa shape index (κ1) is 16.0. The van der Waals surface area contributed by atoms with Crippen molar-refractivity contribution in [2.24, 2.45) is 0 Å². The highest BCUT2D eigenvalue weighted by atomic mass is 16.5. The molecular weight excluding hydrogens is 284 g/mol. The van der Waals surface area contributed by atoms with E-state index in [0.717, 1.165) is 22.0 Å². The van der Waals surface area contributed by atoms with Gasteiger partial charge in [-0.2, -0.15) is 0 Å². The van der Waals surface area contributed by atoms with E-state index in [0.29, 0.717) is 12.8 Å². The molecule has 1 unspecified atom stereocenters. The second kappa shape index (κ2) is 7.09. The fourth-order valence-corrected chi connectivity index (χ4v) is 2.39. The summed E-state index contributed by atoms with van der Waals surface area (Å²) in [4.78, 5) is 25.8. The lowest BCUT2D eigenvalue weighted by molar-refractivity contribution is -0.148. The number of amides is 1. The van der Waals surface area contributed by atoms with Gasteiger partial charge in [0.25, 0.3) is 0 Å². The average Bonchev–Trinajstić information content (AvgIpc) is 2.90. The lowest BCUT2D eigenvalue weighted by Crippen LogP contribution is -2.37. The van der Waals surface area contributed by atoms with Gasteiger partial charge in [0.1, 0.15) is 0 Å². The van der Waals surface area contributed by atoms with Crippen LogP contribution in [0.4, 0.5) is 0 Å². The fraction of sp³-hybridized carbons (Fsp3) is 0.375. The van der Waals surface area contributed by atoms with Crippen LogP contribution in [-0.2, 0) is 20.7 Å². The first-order valence-corrected chi connectivity index (χ1v) is 7.10. The van der Waals surface area contributed by atoms with Crippen LogP contribution in [0.25, 0.3) is 10.9 Å². The fourth-order valence-electron chi connectivity index (χ4n) is 2.39. The third kappa shape index (κ3) is 3.65. The van der Waals surface area contributed by atoms with E-state index in [9.17, 15) is 9.59 Å². The number of nitrogens with one attached hydrogen (secondary N) is 2. The number of hydrogen-bond donors (Lipinski definition) is 3. The highest BCUT2D eigenvalue weighted by Crippen LogP contribution is 2.22. The van der Waals surface area contributed by atoms with Crippen LogP contribution in [0.3, 0.4) is 0 Å². The van der Waals surface area contributed by atoms with Gasteiger partial charge in [0.2, 0.25) is 5.91 Å². The van der Waals surface area contributed by atoms with Crippen molar-refractivity contribution in [1.82, 2.24) is 10.3 Å². The maximum atomic E-state index is 11.8. The number of rotatable bonds is 7. The second-order valence-electron chi connectivity index (χ2n) is 5.18. The first-order chi connectivity index (χ1) is 10.5. The number of aliphatic carboxylic acids is 1. The number of carbonyl (C=O) groups excluding carboxylic acids is 1. The summed E-state index contributed by atoms with van der Waals surface area (Å²) in [5.74, 6) is -1.28. The number of carboxylic acids is 1. The van der Waals surface area contributed by atoms with E-state index < -0.39 is 12.1 Å². The van der Waals surface area contributed by atoms with Gasteiger partial charge in [0.05, 0.1) is 6.54 Å². The number of carbonyl (C=O) groups is 2. The van der Waals surface area contributed by atoms with Crippen molar-refractivity contribution in [2.75, 3.05) is 13.7 Å². The van der Waals surface area contributed by atoms with Gasteiger partial charge < -0.3 is 20.1 Å². The molecule has 6 heteroatoms. The largest absolute Gasteiger partial charge is 0.479 e. The molecule has 0 fully saturated rings. The highest BCUT2D eigenvalue weighted by molar-refractivity contribution is 5.86. The Labute approximate surface area is 128 Å². The molecular formula is C16H20N2O4. The van der Waals surface area contributed by atoms with Crippen molar-refractivity contribution in [3.63, 3.8) is 0 Å². The minimum Gasteiger partial charge on any atom is -0.479 e. The summed E-state index contributed by atoms with van der Waals surface area (Å²) in [7, 11) is 1.30. The second-order valence-corrected chi connectivity index (χ2v) is 5.18. The minimum atomic E-state index is -1.09. The minimum absolute atomic E-state index is 0.0301. The molecule has 0 saturated heterocycles. The molecule has 0 bridgehead atoms. The van der Waals surface area contributed by atoms with Crippen molar-refractivity contribution in [1.29, 1.82) is 0 Å². The zero-order chi connectivity index (χ0) is 16.1. The number of hydrogen-bond acceptors (Lipinski definition) is 3. The Kier molecular flexibility index (Phi) is 5.16. The predicted octanol–water partition coefficient (Wildman–Crippen LogP) is 1.62. The van der Waals surface area contributed by atoms with Gasteiger partial charge in [0, 0.05) is 30.6 Å². The SMILES string of the molecule is COC(CNC(=O)CCc1c[nH]c2c(C)cccc12)C(=O)O. The number of aromatic amines is 1. The molecule has 0 spiro atoms. The third-order valence-corrected chi connectivity index (χ3v) is 3.68. The molecule has 2 aromatic rings. The molecule has 1 amide bonds. The Morgan fingerprint density at radius 2 is 2.18 bits per heavy atom. The number of ether oxygens (including phenoxy) is 1. The van der Waals surface area contributed by atoms with Crippen molar-refractivity contribution in [3.8, 4) is 0 Å². The maximum Gasteiger partial charge on any atom is 0.334 e. The van der Waals surface area contributed by atoms with Crippen LogP contribution in [0.2, 0.25) is 0 Å². The molecule has 22 heavy (non-hydrogen) atoms. The molecule has 2 rings (SSSR count).